The molecule has 1 heterocycles. The molecule has 2 aromatic rings. The van der Waals surface area contributed by atoms with Crippen LogP contribution in [0.4, 0.5) is 5.13 Å². The van der Waals surface area contributed by atoms with Gasteiger partial charge in [0.1, 0.15) is 5.75 Å². The van der Waals surface area contributed by atoms with Gasteiger partial charge in [-0.3, -0.25) is 10.2 Å². The molecule has 152 valence electrons. The van der Waals surface area contributed by atoms with Crippen LogP contribution in [0.25, 0.3) is 0 Å². The molecule has 0 saturated heterocycles. The second-order valence-corrected chi connectivity index (χ2v) is 7.86. The summed E-state index contributed by atoms with van der Waals surface area (Å²) in [6.07, 6.45) is 3.00. The summed E-state index contributed by atoms with van der Waals surface area (Å²) in [5.41, 5.74) is 6.86. The zero-order chi connectivity index (χ0) is 20.5. The lowest BCUT2D eigenvalue weighted by molar-refractivity contribution is -0.142. The Morgan fingerprint density at radius 1 is 1.32 bits per heavy atom. The number of nitrogens with one attached hydrogen (secondary N) is 1. The van der Waals surface area contributed by atoms with Crippen molar-refractivity contribution in [2.45, 2.75) is 47.5 Å². The number of aryl methyl sites for hydroxylation is 2. The number of aromatic nitrogens is 1. The monoisotopic (exact) mass is 403 g/mol. The van der Waals surface area contributed by atoms with Gasteiger partial charge in [-0.25, -0.2) is 4.98 Å². The lowest BCUT2D eigenvalue weighted by Gasteiger charge is -2.12. The third-order valence-corrected chi connectivity index (χ3v) is 4.86. The van der Waals surface area contributed by atoms with Crippen LogP contribution in [0.3, 0.4) is 0 Å². The van der Waals surface area contributed by atoms with Gasteiger partial charge in [0, 0.05) is 10.9 Å². The molecule has 0 spiro atoms. The highest BCUT2D eigenvalue weighted by molar-refractivity contribution is 7.13. The fraction of sp³-hybridized carbons (Fsp3) is 0.476. The summed E-state index contributed by atoms with van der Waals surface area (Å²) in [4.78, 5) is 15.8. The van der Waals surface area contributed by atoms with E-state index in [0.717, 1.165) is 35.5 Å². The van der Waals surface area contributed by atoms with Crippen LogP contribution in [0, 0.1) is 19.8 Å². The van der Waals surface area contributed by atoms with Crippen LogP contribution in [0.2, 0.25) is 0 Å². The minimum atomic E-state index is -0.273. The highest BCUT2D eigenvalue weighted by atomic mass is 32.1. The summed E-state index contributed by atoms with van der Waals surface area (Å²) in [5.74, 6) is 1.25. The number of hydrogen-bond acceptors (Lipinski definition) is 7. The molecular weight excluding hydrogens is 374 g/mol. The molecule has 0 atom stereocenters. The molecule has 6 nitrogen and oxygen atoms in total. The lowest BCUT2D eigenvalue weighted by atomic mass is 10.0. The molecule has 0 bridgehead atoms. The van der Waals surface area contributed by atoms with Gasteiger partial charge in [0.05, 0.1) is 31.5 Å². The quantitative estimate of drug-likeness (QED) is 0.352. The molecule has 0 aliphatic carbocycles. The normalized spacial score (nSPS) is 11.2. The number of anilines is 1. The van der Waals surface area contributed by atoms with Gasteiger partial charge in [-0.1, -0.05) is 13.8 Å². The van der Waals surface area contributed by atoms with Gasteiger partial charge >= 0.3 is 5.97 Å². The van der Waals surface area contributed by atoms with Crippen molar-refractivity contribution in [1.82, 2.24) is 4.98 Å². The van der Waals surface area contributed by atoms with E-state index in [4.69, 9.17) is 9.47 Å². The van der Waals surface area contributed by atoms with Crippen molar-refractivity contribution in [3.8, 4) is 5.75 Å². The number of benzene rings is 1. The number of carbonyl (C=O) groups excluding carboxylic acids is 1. The summed E-state index contributed by atoms with van der Waals surface area (Å²) in [6, 6.07) is 4.07. The first kappa shape index (κ1) is 21.9. The third-order valence-electron chi connectivity index (χ3n) is 4.07. The van der Waals surface area contributed by atoms with Crippen LogP contribution in [-0.2, 0) is 16.0 Å². The van der Waals surface area contributed by atoms with Gasteiger partial charge in [0.25, 0.3) is 0 Å². The van der Waals surface area contributed by atoms with E-state index < -0.39 is 0 Å². The molecule has 2 rings (SSSR count). The molecule has 0 radical (unpaired) electrons. The van der Waals surface area contributed by atoms with Crippen molar-refractivity contribution in [1.29, 1.82) is 0 Å². The lowest BCUT2D eigenvalue weighted by Crippen LogP contribution is -2.07. The first-order valence-electron chi connectivity index (χ1n) is 9.52. The molecule has 1 aromatic carbocycles. The standard InChI is InChI=1S/C21H29N3O3S/c1-6-26-20(25)11-17-13-28-21(23-17)24-22-12-19-15(4)9-18(10-16(19)5)27-8-7-14(2)3/h9-10,12-14H,6-8,11H2,1-5H3,(H,23,24). The molecular formula is C21H29N3O3S. The fourth-order valence-corrected chi connectivity index (χ4v) is 3.24. The van der Waals surface area contributed by atoms with E-state index in [0.29, 0.717) is 23.4 Å². The van der Waals surface area contributed by atoms with Crippen LogP contribution in [0.5, 0.6) is 5.75 Å². The molecule has 0 aliphatic rings. The highest BCUT2D eigenvalue weighted by Gasteiger charge is 2.08. The van der Waals surface area contributed by atoms with E-state index in [2.05, 4.69) is 29.4 Å². The average Bonchev–Trinajstić information content (AvgIpc) is 3.04. The van der Waals surface area contributed by atoms with Crippen molar-refractivity contribution in [3.63, 3.8) is 0 Å². The van der Waals surface area contributed by atoms with Crippen molar-refractivity contribution in [3.05, 3.63) is 39.9 Å². The zero-order valence-corrected chi connectivity index (χ0v) is 18.1. The third kappa shape index (κ3) is 6.96. The van der Waals surface area contributed by atoms with E-state index in [1.165, 1.54) is 11.3 Å². The van der Waals surface area contributed by atoms with Gasteiger partial charge in [0.15, 0.2) is 0 Å². The van der Waals surface area contributed by atoms with Gasteiger partial charge in [-0.2, -0.15) is 5.10 Å². The van der Waals surface area contributed by atoms with E-state index in [1.54, 1.807) is 13.1 Å². The summed E-state index contributed by atoms with van der Waals surface area (Å²) in [5, 5.41) is 6.76. The number of carbonyl (C=O) groups is 1. The smallest absolute Gasteiger partial charge is 0.311 e. The Morgan fingerprint density at radius 2 is 2.04 bits per heavy atom. The molecule has 1 N–H and O–H groups in total. The second kappa shape index (κ2) is 10.8. The van der Waals surface area contributed by atoms with Gasteiger partial charge in [-0.15, -0.1) is 11.3 Å². The van der Waals surface area contributed by atoms with E-state index in [9.17, 15) is 4.79 Å². The number of ether oxygens (including phenoxy) is 2. The summed E-state index contributed by atoms with van der Waals surface area (Å²) in [7, 11) is 0. The maximum Gasteiger partial charge on any atom is 0.311 e. The minimum absolute atomic E-state index is 0.173. The number of hydrazone groups is 1. The summed E-state index contributed by atoms with van der Waals surface area (Å²) < 4.78 is 10.8. The molecule has 0 fully saturated rings. The van der Waals surface area contributed by atoms with Crippen LogP contribution >= 0.6 is 11.3 Å². The van der Waals surface area contributed by atoms with E-state index in [-0.39, 0.29) is 12.4 Å². The first-order chi connectivity index (χ1) is 13.4. The SMILES string of the molecule is CCOC(=O)Cc1csc(NN=Cc2c(C)cc(OCCC(C)C)cc2C)n1. The van der Waals surface area contributed by atoms with E-state index >= 15 is 0 Å². The molecule has 0 saturated carbocycles. The summed E-state index contributed by atoms with van der Waals surface area (Å²) >= 11 is 1.40. The number of thiazole rings is 1. The fourth-order valence-electron chi connectivity index (χ4n) is 2.59. The predicted octanol–water partition coefficient (Wildman–Crippen LogP) is 4.74. The highest BCUT2D eigenvalue weighted by Crippen LogP contribution is 2.22. The number of rotatable bonds is 10. The Labute approximate surface area is 171 Å². The molecule has 7 heteroatoms. The van der Waals surface area contributed by atoms with Crippen LogP contribution in [-0.4, -0.2) is 30.4 Å². The Kier molecular flexibility index (Phi) is 8.44. The van der Waals surface area contributed by atoms with Crippen LogP contribution < -0.4 is 10.2 Å². The van der Waals surface area contributed by atoms with Crippen molar-refractivity contribution < 1.29 is 14.3 Å². The van der Waals surface area contributed by atoms with E-state index in [1.807, 2.05) is 31.4 Å². The van der Waals surface area contributed by atoms with Crippen LogP contribution in [0.1, 0.15) is 49.6 Å². The second-order valence-electron chi connectivity index (χ2n) is 7.00. The van der Waals surface area contributed by atoms with Gasteiger partial charge < -0.3 is 9.47 Å². The van der Waals surface area contributed by atoms with Crippen LogP contribution in [0.15, 0.2) is 22.6 Å². The first-order valence-corrected chi connectivity index (χ1v) is 10.4. The Bertz CT molecular complexity index is 792. The topological polar surface area (TPSA) is 72.8 Å². The molecule has 0 unspecified atom stereocenters. The van der Waals surface area contributed by atoms with Gasteiger partial charge in [0.2, 0.25) is 5.13 Å². The zero-order valence-electron chi connectivity index (χ0n) is 17.2. The molecule has 28 heavy (non-hydrogen) atoms. The Hall–Kier alpha value is -2.41. The van der Waals surface area contributed by atoms with Gasteiger partial charge in [-0.05, 0) is 56.4 Å². The largest absolute Gasteiger partial charge is 0.494 e. The van der Waals surface area contributed by atoms with Crippen molar-refractivity contribution in [2.24, 2.45) is 11.0 Å². The maximum absolute atomic E-state index is 11.5. The summed E-state index contributed by atoms with van der Waals surface area (Å²) in [6.45, 7) is 11.4. The Balaban J connectivity index is 1.95. The van der Waals surface area contributed by atoms with Crippen molar-refractivity contribution >= 4 is 28.7 Å². The molecule has 0 amide bonds. The average molecular weight is 404 g/mol. The maximum atomic E-state index is 11.5. The number of nitrogens with zero attached hydrogens (tertiary/aromatic N) is 2. The minimum Gasteiger partial charge on any atom is -0.494 e. The number of hydrogen-bond donors (Lipinski definition) is 1. The molecule has 1 aromatic heterocycles. The predicted molar refractivity (Wildman–Crippen MR) is 115 cm³/mol. The molecule has 0 aliphatic heterocycles. The van der Waals surface area contributed by atoms with Crippen molar-refractivity contribution in [2.75, 3.05) is 18.6 Å². The Morgan fingerprint density at radius 3 is 2.68 bits per heavy atom. The number of esters is 1.